The lowest BCUT2D eigenvalue weighted by Gasteiger charge is -2.27. The number of fused-ring (bicyclic) bond motifs is 1. The molecular weight excluding hydrogens is 504 g/mol. The van der Waals surface area contributed by atoms with Gasteiger partial charge in [0.1, 0.15) is 21.8 Å². The third-order valence-corrected chi connectivity index (χ3v) is 8.34. The second kappa shape index (κ2) is 9.49. The van der Waals surface area contributed by atoms with Crippen LogP contribution >= 0.6 is 22.7 Å². The minimum Gasteiger partial charge on any atom is -0.465 e. The number of carbonyl (C=O) groups is 4. The molecule has 2 fully saturated rings. The Morgan fingerprint density at radius 3 is 2.44 bits per heavy atom. The molecule has 2 aliphatic rings. The third-order valence-electron chi connectivity index (χ3n) is 6.14. The summed E-state index contributed by atoms with van der Waals surface area (Å²) in [6.07, 6.45) is -1.09. The molecule has 36 heavy (non-hydrogen) atoms. The van der Waals surface area contributed by atoms with Crippen molar-refractivity contribution in [3.05, 3.63) is 68.7 Å². The molecule has 0 unspecified atom stereocenters. The largest absolute Gasteiger partial charge is 0.465 e. The van der Waals surface area contributed by atoms with E-state index < -0.39 is 41.8 Å². The third kappa shape index (κ3) is 3.71. The van der Waals surface area contributed by atoms with Gasteiger partial charge in [-0.25, -0.2) is 19.6 Å². The molecule has 2 saturated heterocycles. The first-order chi connectivity index (χ1) is 17.4. The molecule has 4 heterocycles. The number of nitrogens with zero attached hydrogens (tertiary/aromatic N) is 2. The van der Waals surface area contributed by atoms with Crippen molar-refractivity contribution in [3.63, 3.8) is 0 Å². The van der Waals surface area contributed by atoms with Gasteiger partial charge in [0.15, 0.2) is 6.10 Å². The Morgan fingerprint density at radius 1 is 1.06 bits per heavy atom. The fraction of sp³-hybridized carbons (Fsp3) is 0.280. The summed E-state index contributed by atoms with van der Waals surface area (Å²) < 4.78 is 10.0. The van der Waals surface area contributed by atoms with Crippen LogP contribution in [0.2, 0.25) is 0 Å². The molecule has 186 valence electrons. The highest BCUT2D eigenvalue weighted by Gasteiger charge is 2.61. The van der Waals surface area contributed by atoms with Crippen LogP contribution in [-0.4, -0.2) is 43.6 Å². The van der Waals surface area contributed by atoms with Gasteiger partial charge in [-0.2, -0.15) is 0 Å². The van der Waals surface area contributed by atoms with Crippen LogP contribution in [-0.2, 0) is 23.9 Å². The van der Waals surface area contributed by atoms with Gasteiger partial charge in [0, 0.05) is 4.88 Å². The van der Waals surface area contributed by atoms with E-state index in [1.165, 1.54) is 18.4 Å². The maximum atomic E-state index is 13.9. The molecule has 0 bridgehead atoms. The second-order valence-electron chi connectivity index (χ2n) is 8.13. The zero-order chi connectivity index (χ0) is 25.6. The number of thiophene rings is 2. The van der Waals surface area contributed by atoms with Gasteiger partial charge < -0.3 is 9.47 Å². The summed E-state index contributed by atoms with van der Waals surface area (Å²) in [5, 5.41) is 3.54. The molecule has 2 aliphatic heterocycles. The fourth-order valence-corrected chi connectivity index (χ4v) is 6.60. The minimum atomic E-state index is -1.09. The first kappa shape index (κ1) is 24.2. The summed E-state index contributed by atoms with van der Waals surface area (Å²) in [5.41, 5.74) is 0.990. The zero-order valence-electron chi connectivity index (χ0n) is 19.6. The molecule has 11 heteroatoms. The Bertz CT molecular complexity index is 1340. The molecule has 9 nitrogen and oxygen atoms in total. The number of esters is 2. The summed E-state index contributed by atoms with van der Waals surface area (Å²) in [7, 11) is 1.20. The lowest BCUT2D eigenvalue weighted by Crippen LogP contribution is -2.37. The fourth-order valence-electron chi connectivity index (χ4n) is 4.55. The molecule has 1 aromatic carbocycles. The number of hydrogen-bond donors (Lipinski definition) is 0. The van der Waals surface area contributed by atoms with Crippen molar-refractivity contribution >= 4 is 57.1 Å². The quantitative estimate of drug-likeness (QED) is 0.349. The van der Waals surface area contributed by atoms with Crippen LogP contribution < -0.4 is 9.96 Å². The predicted octanol–water partition coefficient (Wildman–Crippen LogP) is 4.13. The lowest BCUT2D eigenvalue weighted by molar-refractivity contribution is -0.126. The summed E-state index contributed by atoms with van der Waals surface area (Å²) in [5.74, 6) is -3.36. The highest BCUT2D eigenvalue weighted by molar-refractivity contribution is 7.19. The van der Waals surface area contributed by atoms with Gasteiger partial charge in [-0.3, -0.25) is 14.4 Å². The molecule has 0 saturated carbocycles. The monoisotopic (exact) mass is 526 g/mol. The second-order valence-corrected chi connectivity index (χ2v) is 10.1. The number of methoxy groups -OCH3 is 1. The first-order valence-corrected chi connectivity index (χ1v) is 12.9. The maximum Gasteiger partial charge on any atom is 0.348 e. The van der Waals surface area contributed by atoms with E-state index in [0.717, 1.165) is 21.1 Å². The number of imide groups is 1. The van der Waals surface area contributed by atoms with E-state index in [9.17, 15) is 19.2 Å². The van der Waals surface area contributed by atoms with E-state index in [4.69, 9.17) is 14.3 Å². The van der Waals surface area contributed by atoms with E-state index in [0.29, 0.717) is 11.3 Å². The molecular formula is C25H22N2O7S2. The summed E-state index contributed by atoms with van der Waals surface area (Å²) in [4.78, 5) is 60.9. The topological polar surface area (TPSA) is 102 Å². The number of hydrogen-bond acceptors (Lipinski definition) is 10. The Labute approximate surface area is 214 Å². The van der Waals surface area contributed by atoms with Crippen molar-refractivity contribution in [1.29, 1.82) is 0 Å². The van der Waals surface area contributed by atoms with Crippen molar-refractivity contribution < 1.29 is 33.5 Å². The summed E-state index contributed by atoms with van der Waals surface area (Å²) >= 11 is 2.32. The SMILES string of the molecule is CCOC(=O)c1sc(N2C(=O)[C@@H]3[C@H](ON(c4ccccc4)[C@H]3c3cccs3)C2=O)c(C(=O)OC)c1C. The standard InChI is InChI=1S/C25H22N2O7S2/c1-4-33-25(31)20-13(2)16(24(30)32-3)23(36-20)26-21(28)17-18(15-11-8-12-35-15)27(34-19(17)22(26)29)14-9-6-5-7-10-14/h5-12,17-19H,4H2,1-3H3/t17-,18-,19-/m0/s1. The molecule has 0 spiro atoms. The Morgan fingerprint density at radius 2 is 1.81 bits per heavy atom. The Kier molecular flexibility index (Phi) is 6.37. The summed E-state index contributed by atoms with van der Waals surface area (Å²) in [6, 6.07) is 12.5. The molecule has 0 radical (unpaired) electrons. The van der Waals surface area contributed by atoms with E-state index in [2.05, 4.69) is 0 Å². The number of hydroxylamine groups is 1. The number of rotatable bonds is 6. The van der Waals surface area contributed by atoms with E-state index in [1.807, 2.05) is 47.8 Å². The smallest absolute Gasteiger partial charge is 0.348 e. The van der Waals surface area contributed by atoms with Crippen molar-refractivity contribution in [2.75, 3.05) is 23.7 Å². The van der Waals surface area contributed by atoms with Crippen LogP contribution in [0.3, 0.4) is 0 Å². The molecule has 0 aliphatic carbocycles. The molecule has 3 atom stereocenters. The van der Waals surface area contributed by atoms with Gasteiger partial charge >= 0.3 is 11.9 Å². The van der Waals surface area contributed by atoms with E-state index in [-0.39, 0.29) is 22.0 Å². The van der Waals surface area contributed by atoms with Crippen LogP contribution in [0.25, 0.3) is 0 Å². The Balaban J connectivity index is 1.59. The summed E-state index contributed by atoms with van der Waals surface area (Å²) in [6.45, 7) is 3.36. The van der Waals surface area contributed by atoms with E-state index >= 15 is 0 Å². The number of ether oxygens (including phenoxy) is 2. The normalized spacial score (nSPS) is 21.1. The van der Waals surface area contributed by atoms with Gasteiger partial charge in [0.2, 0.25) is 5.91 Å². The van der Waals surface area contributed by atoms with Crippen molar-refractivity contribution in [3.8, 4) is 0 Å². The van der Waals surface area contributed by atoms with Crippen LogP contribution in [0.4, 0.5) is 10.7 Å². The van der Waals surface area contributed by atoms with Crippen LogP contribution in [0.1, 0.15) is 43.4 Å². The van der Waals surface area contributed by atoms with Gasteiger partial charge in [-0.1, -0.05) is 24.3 Å². The zero-order valence-corrected chi connectivity index (χ0v) is 21.3. The van der Waals surface area contributed by atoms with E-state index in [1.54, 1.807) is 18.9 Å². The van der Waals surface area contributed by atoms with Crippen LogP contribution in [0.15, 0.2) is 47.8 Å². The number of benzene rings is 1. The predicted molar refractivity (Wildman–Crippen MR) is 133 cm³/mol. The molecule has 2 aromatic heterocycles. The molecule has 2 amide bonds. The number of anilines is 2. The van der Waals surface area contributed by atoms with Gasteiger partial charge in [0.05, 0.1) is 25.0 Å². The lowest BCUT2D eigenvalue weighted by atomic mass is 9.95. The highest BCUT2D eigenvalue weighted by atomic mass is 32.1. The number of para-hydroxylation sites is 1. The van der Waals surface area contributed by atoms with Crippen molar-refractivity contribution in [2.24, 2.45) is 5.92 Å². The number of amides is 2. The average molecular weight is 527 g/mol. The molecule has 0 N–H and O–H groups in total. The number of carbonyl (C=O) groups excluding carboxylic acids is 4. The van der Waals surface area contributed by atoms with Crippen molar-refractivity contribution in [2.45, 2.75) is 26.0 Å². The van der Waals surface area contributed by atoms with Gasteiger partial charge in [0.25, 0.3) is 5.91 Å². The van der Waals surface area contributed by atoms with Gasteiger partial charge in [-0.05, 0) is 43.0 Å². The molecule has 5 rings (SSSR count). The minimum absolute atomic E-state index is 0.0141. The van der Waals surface area contributed by atoms with Crippen LogP contribution in [0, 0.1) is 12.8 Å². The van der Waals surface area contributed by atoms with Crippen LogP contribution in [0.5, 0.6) is 0 Å². The highest BCUT2D eigenvalue weighted by Crippen LogP contribution is 2.50. The van der Waals surface area contributed by atoms with Gasteiger partial charge in [-0.15, -0.1) is 22.7 Å². The Hall–Kier alpha value is -3.54. The first-order valence-electron chi connectivity index (χ1n) is 11.2. The maximum absolute atomic E-state index is 13.9. The molecule has 3 aromatic rings. The van der Waals surface area contributed by atoms with Crippen molar-refractivity contribution in [1.82, 2.24) is 0 Å². The average Bonchev–Trinajstić information content (AvgIpc) is 3.64.